The molecule has 2 aromatic carbocycles. The van der Waals surface area contributed by atoms with Crippen molar-refractivity contribution in [3.05, 3.63) is 52.1 Å². The zero-order chi connectivity index (χ0) is 18.0. The molecule has 0 saturated heterocycles. The minimum Gasteiger partial charge on any atom is -0.495 e. The van der Waals surface area contributed by atoms with Crippen LogP contribution < -0.4 is 10.4 Å². The number of nitriles is 1. The van der Waals surface area contributed by atoms with Crippen molar-refractivity contribution < 1.29 is 9.84 Å². The number of benzene rings is 2. The van der Waals surface area contributed by atoms with E-state index in [0.29, 0.717) is 22.4 Å². The predicted molar refractivity (Wildman–Crippen MR) is 96.1 cm³/mol. The van der Waals surface area contributed by atoms with Crippen LogP contribution in [0.3, 0.4) is 0 Å². The Morgan fingerprint density at radius 3 is 2.73 bits per heavy atom. The van der Waals surface area contributed by atoms with Crippen LogP contribution in [0.15, 0.2) is 35.1 Å². The van der Waals surface area contributed by atoms with Crippen molar-refractivity contribution in [1.29, 1.82) is 5.26 Å². The number of hydrogen-bond acceptors (Lipinski definition) is 4. The number of hydrogen-bond donors (Lipinski definition) is 1. The Hall–Kier alpha value is -3.20. The van der Waals surface area contributed by atoms with Crippen molar-refractivity contribution in [3.8, 4) is 23.4 Å². The second-order valence-corrected chi connectivity index (χ2v) is 6.99. The van der Waals surface area contributed by atoms with Gasteiger partial charge < -0.3 is 9.84 Å². The van der Waals surface area contributed by atoms with Gasteiger partial charge in [-0.15, -0.1) is 0 Å². The van der Waals surface area contributed by atoms with Gasteiger partial charge in [0.15, 0.2) is 0 Å². The van der Waals surface area contributed by atoms with E-state index >= 15 is 0 Å². The fraction of sp³-hybridized carbons (Fsp3) is 0.300. The molecule has 0 spiro atoms. The average Bonchev–Trinajstić information content (AvgIpc) is 3.34. The highest BCUT2D eigenvalue weighted by Gasteiger charge is 2.42. The van der Waals surface area contributed by atoms with Crippen LogP contribution in [0.25, 0.3) is 16.5 Å². The summed E-state index contributed by atoms with van der Waals surface area (Å²) in [7, 11) is 1.50. The fourth-order valence-electron chi connectivity index (χ4n) is 4.71. The molecule has 0 radical (unpaired) electrons. The van der Waals surface area contributed by atoms with Gasteiger partial charge in [-0.1, -0.05) is 24.3 Å². The largest absolute Gasteiger partial charge is 0.495 e. The molecule has 0 amide bonds. The molecule has 2 atom stereocenters. The molecule has 1 aliphatic heterocycles. The monoisotopic (exact) mass is 347 g/mol. The molecule has 2 heterocycles. The summed E-state index contributed by atoms with van der Waals surface area (Å²) in [6.07, 6.45) is 2.94. The smallest absolute Gasteiger partial charge is 0.336 e. The Balaban J connectivity index is 1.88. The Labute approximate surface area is 149 Å². The first-order valence-electron chi connectivity index (χ1n) is 8.72. The van der Waals surface area contributed by atoms with E-state index < -0.39 is 0 Å². The third-order valence-corrected chi connectivity index (χ3v) is 5.81. The quantitative estimate of drug-likeness (QED) is 0.772. The third-order valence-electron chi connectivity index (χ3n) is 5.81. The molecule has 1 aromatic heterocycles. The van der Waals surface area contributed by atoms with E-state index in [1.54, 1.807) is 10.6 Å². The molecule has 2 aliphatic rings. The van der Waals surface area contributed by atoms with Crippen LogP contribution in [0.1, 0.15) is 42.5 Å². The highest BCUT2D eigenvalue weighted by Crippen LogP contribution is 2.51. The summed E-state index contributed by atoms with van der Waals surface area (Å²) in [5, 5.41) is 21.9. The molecular weight excluding hydrogens is 330 g/mol. The van der Waals surface area contributed by atoms with Gasteiger partial charge in [-0.2, -0.15) is 5.26 Å². The second kappa shape index (κ2) is 5.15. The summed E-state index contributed by atoms with van der Waals surface area (Å²) in [4.78, 5) is 13.1. The first-order chi connectivity index (χ1) is 12.7. The van der Waals surface area contributed by atoms with Crippen LogP contribution in [-0.2, 0) is 0 Å². The number of aromatic hydroxyl groups is 1. The highest BCUT2D eigenvalue weighted by molar-refractivity contribution is 5.96. The van der Waals surface area contributed by atoms with Crippen molar-refractivity contribution >= 4 is 10.8 Å². The normalized spacial score (nSPS) is 20.3. The van der Waals surface area contributed by atoms with Gasteiger partial charge in [-0.25, -0.2) is 9.36 Å². The fourth-order valence-corrected chi connectivity index (χ4v) is 4.71. The minimum atomic E-state index is -0.221. The maximum atomic E-state index is 13.1. The molecule has 2 bridgehead atoms. The maximum Gasteiger partial charge on any atom is 0.336 e. The summed E-state index contributed by atoms with van der Waals surface area (Å²) in [5.41, 5.74) is 1.49. The van der Waals surface area contributed by atoms with E-state index in [1.165, 1.54) is 11.7 Å². The Morgan fingerprint density at radius 1 is 1.27 bits per heavy atom. The van der Waals surface area contributed by atoms with E-state index in [1.807, 2.05) is 24.3 Å². The lowest BCUT2D eigenvalue weighted by atomic mass is 10.0. The molecule has 6 nitrogen and oxygen atoms in total. The highest BCUT2D eigenvalue weighted by atomic mass is 16.5. The molecule has 3 aromatic rings. The zero-order valence-electron chi connectivity index (χ0n) is 14.3. The van der Waals surface area contributed by atoms with E-state index in [4.69, 9.17) is 4.74 Å². The van der Waals surface area contributed by atoms with Crippen LogP contribution in [0, 0.1) is 11.3 Å². The van der Waals surface area contributed by atoms with Gasteiger partial charge in [0.25, 0.3) is 0 Å². The standard InChI is InChI=1S/C20H17N3O3/c1-26-17-9-16(14-5-3-2-4-13(14)15(17)10-21)23-19(24)18-11-6-7-12(8-11)22(18)20(23)25/h2-5,9,11-12,24H,6-8H2,1H3/t11-,12+/m1/s1. The molecule has 1 aliphatic carbocycles. The summed E-state index contributed by atoms with van der Waals surface area (Å²) in [5.74, 6) is 0.654. The van der Waals surface area contributed by atoms with Crippen molar-refractivity contribution in [3.63, 3.8) is 0 Å². The summed E-state index contributed by atoms with van der Waals surface area (Å²) >= 11 is 0. The van der Waals surface area contributed by atoms with Gasteiger partial charge >= 0.3 is 5.69 Å². The van der Waals surface area contributed by atoms with Gasteiger partial charge in [0.05, 0.1) is 18.5 Å². The Morgan fingerprint density at radius 2 is 2.04 bits per heavy atom. The molecule has 0 unspecified atom stereocenters. The first kappa shape index (κ1) is 15.1. The molecule has 1 N–H and O–H groups in total. The van der Waals surface area contributed by atoms with Gasteiger partial charge in [0.2, 0.25) is 5.88 Å². The number of nitrogens with zero attached hydrogens (tertiary/aromatic N) is 3. The summed E-state index contributed by atoms with van der Waals surface area (Å²) < 4.78 is 8.51. The second-order valence-electron chi connectivity index (χ2n) is 6.99. The molecule has 26 heavy (non-hydrogen) atoms. The van der Waals surface area contributed by atoms with Gasteiger partial charge in [-0.3, -0.25) is 4.57 Å². The molecule has 1 fully saturated rings. The maximum absolute atomic E-state index is 13.1. The van der Waals surface area contributed by atoms with Crippen molar-refractivity contribution in [1.82, 2.24) is 9.13 Å². The first-order valence-corrected chi connectivity index (χ1v) is 8.72. The molecule has 130 valence electrons. The Bertz CT molecular complexity index is 1170. The molecule has 5 rings (SSSR count). The Kier molecular flexibility index (Phi) is 2.99. The molecule has 6 heteroatoms. The molecular formula is C20H17N3O3. The summed E-state index contributed by atoms with van der Waals surface area (Å²) in [6.45, 7) is 0. The number of aromatic nitrogens is 2. The van der Waals surface area contributed by atoms with Crippen LogP contribution >= 0.6 is 0 Å². The van der Waals surface area contributed by atoms with Gasteiger partial charge in [0, 0.05) is 28.8 Å². The minimum absolute atomic E-state index is 0.0131. The summed E-state index contributed by atoms with van der Waals surface area (Å²) in [6, 6.07) is 11.4. The lowest BCUT2D eigenvalue weighted by Crippen LogP contribution is -2.25. The van der Waals surface area contributed by atoms with E-state index in [2.05, 4.69) is 6.07 Å². The van der Waals surface area contributed by atoms with Crippen LogP contribution in [0.5, 0.6) is 11.6 Å². The van der Waals surface area contributed by atoms with E-state index in [9.17, 15) is 15.2 Å². The number of methoxy groups -OCH3 is 1. The SMILES string of the molecule is COc1cc(-n2c(O)c3n(c2=O)[C@H]2CC[C@@H]3C2)c2ccccc2c1C#N. The van der Waals surface area contributed by atoms with Crippen molar-refractivity contribution in [2.45, 2.75) is 31.2 Å². The van der Waals surface area contributed by atoms with Crippen LogP contribution in [-0.4, -0.2) is 21.4 Å². The number of rotatable bonds is 2. The van der Waals surface area contributed by atoms with Crippen molar-refractivity contribution in [2.24, 2.45) is 0 Å². The molecule has 1 saturated carbocycles. The van der Waals surface area contributed by atoms with Gasteiger partial charge in [-0.05, 0) is 19.3 Å². The number of fused-ring (bicyclic) bond motifs is 6. The van der Waals surface area contributed by atoms with Gasteiger partial charge in [0.1, 0.15) is 17.4 Å². The van der Waals surface area contributed by atoms with Crippen molar-refractivity contribution in [2.75, 3.05) is 7.11 Å². The van der Waals surface area contributed by atoms with Crippen LogP contribution in [0.4, 0.5) is 0 Å². The van der Waals surface area contributed by atoms with E-state index in [0.717, 1.165) is 30.3 Å². The third kappa shape index (κ3) is 1.72. The number of ether oxygens (including phenoxy) is 1. The average molecular weight is 347 g/mol. The van der Waals surface area contributed by atoms with E-state index in [-0.39, 0.29) is 23.5 Å². The number of imidazole rings is 1. The predicted octanol–water partition coefficient (Wildman–Crippen LogP) is 3.20. The lowest BCUT2D eigenvalue weighted by molar-refractivity contribution is 0.412. The lowest BCUT2D eigenvalue weighted by Gasteiger charge is -2.13. The van der Waals surface area contributed by atoms with Crippen LogP contribution in [0.2, 0.25) is 0 Å². The topological polar surface area (TPSA) is 80.2 Å². The zero-order valence-corrected chi connectivity index (χ0v) is 14.3.